The van der Waals surface area contributed by atoms with Crippen LogP contribution < -0.4 is 10.6 Å². The molecule has 0 bridgehead atoms. The fraction of sp³-hybridized carbons (Fsp3) is 0.273. The molecule has 2 heterocycles. The maximum atomic E-state index is 13.0. The molecule has 3 aromatic rings. The van der Waals surface area contributed by atoms with E-state index < -0.39 is 16.1 Å². The molecule has 2 amide bonds. The molecule has 32 heavy (non-hydrogen) atoms. The number of hydrogen-bond acceptors (Lipinski definition) is 5. The van der Waals surface area contributed by atoms with E-state index >= 15 is 0 Å². The smallest absolute Gasteiger partial charge is 0.315 e. The van der Waals surface area contributed by atoms with Crippen molar-refractivity contribution in [2.45, 2.75) is 18.0 Å². The minimum Gasteiger partial charge on any atom is -0.379 e. The number of carbonyl (C=O) groups excluding carboxylic acids is 1. The van der Waals surface area contributed by atoms with E-state index in [-0.39, 0.29) is 11.4 Å². The van der Waals surface area contributed by atoms with E-state index in [9.17, 15) is 13.2 Å². The predicted octanol–water partition coefficient (Wildman–Crippen LogP) is 1.89. The third-order valence-electron chi connectivity index (χ3n) is 5.11. The Morgan fingerprint density at radius 1 is 0.969 bits per heavy atom. The Morgan fingerprint density at radius 3 is 2.44 bits per heavy atom. The molecule has 0 radical (unpaired) electrons. The number of para-hydroxylation sites is 1. The van der Waals surface area contributed by atoms with Gasteiger partial charge in [0.05, 0.1) is 30.0 Å². The van der Waals surface area contributed by atoms with E-state index in [1.807, 2.05) is 36.5 Å². The van der Waals surface area contributed by atoms with Crippen molar-refractivity contribution >= 4 is 16.1 Å². The highest BCUT2D eigenvalue weighted by Gasteiger charge is 2.28. The zero-order valence-electron chi connectivity index (χ0n) is 17.5. The normalized spacial score (nSPS) is 14.8. The average molecular weight is 456 g/mol. The highest BCUT2D eigenvalue weighted by Crippen LogP contribution is 2.21. The second-order valence-corrected chi connectivity index (χ2v) is 9.20. The van der Waals surface area contributed by atoms with Crippen LogP contribution in [0.25, 0.3) is 5.69 Å². The van der Waals surface area contributed by atoms with Gasteiger partial charge in [0.1, 0.15) is 0 Å². The number of benzene rings is 2. The van der Waals surface area contributed by atoms with Crippen molar-refractivity contribution in [2.24, 2.45) is 0 Å². The Labute approximate surface area is 187 Å². The van der Waals surface area contributed by atoms with Crippen LogP contribution in [0.2, 0.25) is 0 Å². The van der Waals surface area contributed by atoms with E-state index in [1.165, 1.54) is 4.31 Å². The summed E-state index contributed by atoms with van der Waals surface area (Å²) < 4.78 is 34.4. The summed E-state index contributed by atoms with van der Waals surface area (Å²) in [6.45, 7) is 1.79. The molecule has 1 aliphatic heterocycles. The third kappa shape index (κ3) is 5.16. The summed E-state index contributed by atoms with van der Waals surface area (Å²) in [6, 6.07) is 16.0. The van der Waals surface area contributed by atoms with Gasteiger partial charge < -0.3 is 15.4 Å². The van der Waals surface area contributed by atoms with Gasteiger partial charge in [-0.15, -0.1) is 0 Å². The van der Waals surface area contributed by atoms with Crippen molar-refractivity contribution in [3.8, 4) is 5.69 Å². The minimum atomic E-state index is -3.65. The first kappa shape index (κ1) is 22.0. The topological polar surface area (TPSA) is 106 Å². The number of aromatic nitrogens is 2. The van der Waals surface area contributed by atoms with Gasteiger partial charge in [0.15, 0.2) is 0 Å². The largest absolute Gasteiger partial charge is 0.379 e. The summed E-state index contributed by atoms with van der Waals surface area (Å²) in [5.41, 5.74) is 2.31. The van der Waals surface area contributed by atoms with Gasteiger partial charge >= 0.3 is 6.03 Å². The van der Waals surface area contributed by atoms with Gasteiger partial charge in [-0.05, 0) is 23.8 Å². The van der Waals surface area contributed by atoms with Crippen LogP contribution >= 0.6 is 0 Å². The van der Waals surface area contributed by atoms with Crippen LogP contribution in [-0.2, 0) is 27.8 Å². The fourth-order valence-corrected chi connectivity index (χ4v) is 5.05. The Morgan fingerprint density at radius 2 is 1.66 bits per heavy atom. The zero-order valence-corrected chi connectivity index (χ0v) is 18.3. The van der Waals surface area contributed by atoms with Crippen molar-refractivity contribution in [3.63, 3.8) is 0 Å². The number of morpholine rings is 1. The molecule has 9 nitrogen and oxygen atoms in total. The van der Waals surface area contributed by atoms with Gasteiger partial charge in [-0.3, -0.25) is 0 Å². The van der Waals surface area contributed by atoms with E-state index in [2.05, 4.69) is 15.7 Å². The molecule has 0 aliphatic carbocycles. The molecular formula is C22H25N5O4S. The monoisotopic (exact) mass is 455 g/mol. The third-order valence-corrected chi connectivity index (χ3v) is 7.11. The summed E-state index contributed by atoms with van der Waals surface area (Å²) in [4.78, 5) is 12.5. The standard InChI is InChI=1S/C22H25N5O4S/c28-22(23-14-18-15-25-27(17-18)20-7-2-1-3-8-20)24-16-19-6-4-5-9-21(19)32(29,30)26-10-12-31-13-11-26/h1-9,15,17H,10-14,16H2,(H2,23,24,28). The number of ether oxygens (including phenoxy) is 1. The van der Waals surface area contributed by atoms with Gasteiger partial charge in [0, 0.05) is 37.9 Å². The molecule has 2 N–H and O–H groups in total. The average Bonchev–Trinajstić information content (AvgIpc) is 3.32. The van der Waals surface area contributed by atoms with Crippen LogP contribution in [0.15, 0.2) is 71.9 Å². The van der Waals surface area contributed by atoms with Gasteiger partial charge in [-0.25, -0.2) is 17.9 Å². The number of nitrogens with one attached hydrogen (secondary N) is 2. The lowest BCUT2D eigenvalue weighted by Crippen LogP contribution is -2.41. The van der Waals surface area contributed by atoms with E-state index in [0.29, 0.717) is 38.4 Å². The molecule has 0 spiro atoms. The molecule has 1 aliphatic rings. The van der Waals surface area contributed by atoms with Crippen molar-refractivity contribution in [1.29, 1.82) is 0 Å². The van der Waals surface area contributed by atoms with E-state index in [4.69, 9.17) is 4.74 Å². The summed E-state index contributed by atoms with van der Waals surface area (Å²) in [6.07, 6.45) is 3.54. The van der Waals surface area contributed by atoms with Crippen molar-refractivity contribution in [3.05, 3.63) is 78.1 Å². The molecule has 1 fully saturated rings. The van der Waals surface area contributed by atoms with Gasteiger partial charge in [-0.1, -0.05) is 36.4 Å². The zero-order chi connectivity index (χ0) is 22.4. The lowest BCUT2D eigenvalue weighted by Gasteiger charge is -2.27. The lowest BCUT2D eigenvalue weighted by molar-refractivity contribution is 0.0730. The number of nitrogens with zero attached hydrogens (tertiary/aromatic N) is 3. The highest BCUT2D eigenvalue weighted by atomic mass is 32.2. The van der Waals surface area contributed by atoms with Crippen molar-refractivity contribution in [1.82, 2.24) is 24.7 Å². The number of sulfonamides is 1. The molecule has 1 saturated heterocycles. The van der Waals surface area contributed by atoms with E-state index in [1.54, 1.807) is 35.1 Å². The quantitative estimate of drug-likeness (QED) is 0.566. The first-order chi connectivity index (χ1) is 15.5. The first-order valence-corrected chi connectivity index (χ1v) is 11.7. The summed E-state index contributed by atoms with van der Waals surface area (Å²) >= 11 is 0. The van der Waals surface area contributed by atoms with Gasteiger partial charge in [-0.2, -0.15) is 9.40 Å². The molecular weight excluding hydrogens is 430 g/mol. The number of hydrogen-bond donors (Lipinski definition) is 2. The lowest BCUT2D eigenvalue weighted by atomic mass is 10.2. The fourth-order valence-electron chi connectivity index (χ4n) is 3.42. The molecule has 10 heteroatoms. The van der Waals surface area contributed by atoms with Crippen LogP contribution in [0.5, 0.6) is 0 Å². The molecule has 0 unspecified atom stereocenters. The minimum absolute atomic E-state index is 0.0921. The maximum absolute atomic E-state index is 13.0. The van der Waals surface area contributed by atoms with Crippen molar-refractivity contribution < 1.29 is 17.9 Å². The first-order valence-electron chi connectivity index (χ1n) is 10.3. The number of urea groups is 1. The number of amides is 2. The molecule has 168 valence electrons. The predicted molar refractivity (Wildman–Crippen MR) is 119 cm³/mol. The molecule has 1 aromatic heterocycles. The Kier molecular flexibility index (Phi) is 6.84. The summed E-state index contributed by atoms with van der Waals surface area (Å²) in [5.74, 6) is 0. The number of rotatable bonds is 7. The molecule has 4 rings (SSSR count). The van der Waals surface area contributed by atoms with Crippen LogP contribution in [-0.4, -0.2) is 54.8 Å². The molecule has 0 saturated carbocycles. The Bertz CT molecular complexity index is 1160. The summed E-state index contributed by atoms with van der Waals surface area (Å²) in [5, 5.41) is 9.82. The molecule has 0 atom stereocenters. The summed E-state index contributed by atoms with van der Waals surface area (Å²) in [7, 11) is -3.65. The Balaban J connectivity index is 1.34. The second-order valence-electron chi connectivity index (χ2n) is 7.29. The molecule has 2 aromatic carbocycles. The van der Waals surface area contributed by atoms with E-state index in [0.717, 1.165) is 11.3 Å². The van der Waals surface area contributed by atoms with Gasteiger partial charge in [0.25, 0.3) is 0 Å². The Hall–Kier alpha value is -3.21. The maximum Gasteiger partial charge on any atom is 0.315 e. The van der Waals surface area contributed by atoms with Crippen LogP contribution in [0.3, 0.4) is 0 Å². The highest BCUT2D eigenvalue weighted by molar-refractivity contribution is 7.89. The second kappa shape index (κ2) is 9.94. The van der Waals surface area contributed by atoms with Crippen LogP contribution in [0.4, 0.5) is 4.79 Å². The van der Waals surface area contributed by atoms with Crippen LogP contribution in [0, 0.1) is 0 Å². The van der Waals surface area contributed by atoms with Crippen LogP contribution in [0.1, 0.15) is 11.1 Å². The SMILES string of the molecule is O=C(NCc1cnn(-c2ccccc2)c1)NCc1ccccc1S(=O)(=O)N1CCOCC1. The van der Waals surface area contributed by atoms with Gasteiger partial charge in [0.2, 0.25) is 10.0 Å². The van der Waals surface area contributed by atoms with Crippen molar-refractivity contribution in [2.75, 3.05) is 26.3 Å². The number of carbonyl (C=O) groups is 1.